The molecule has 0 saturated heterocycles. The smallest absolute Gasteiger partial charge is 0.259 e. The van der Waals surface area contributed by atoms with Gasteiger partial charge in [0.1, 0.15) is 4.60 Å². The van der Waals surface area contributed by atoms with Gasteiger partial charge in [0.25, 0.3) is 5.56 Å². The number of H-pyrrole nitrogens is 1. The monoisotopic (exact) mass is 488 g/mol. The summed E-state index contributed by atoms with van der Waals surface area (Å²) in [6.07, 6.45) is 6.40. The van der Waals surface area contributed by atoms with Gasteiger partial charge >= 0.3 is 0 Å². The maximum Gasteiger partial charge on any atom is 0.259 e. The number of halogens is 3. The summed E-state index contributed by atoms with van der Waals surface area (Å²) in [7, 11) is 0. The van der Waals surface area contributed by atoms with Gasteiger partial charge in [-0.25, -0.2) is 4.98 Å². The molecule has 0 atom stereocenters. The first-order valence-electron chi connectivity index (χ1n) is 5.99. The SMILES string of the molecule is Brc1ncc(Br)c2occc12.O=c1[nH]cc(Br)c2occc12. The van der Waals surface area contributed by atoms with Crippen LogP contribution in [0.25, 0.3) is 21.9 Å². The highest BCUT2D eigenvalue weighted by Crippen LogP contribution is 2.28. The van der Waals surface area contributed by atoms with Gasteiger partial charge in [-0.05, 0) is 59.9 Å². The van der Waals surface area contributed by atoms with Crippen LogP contribution in [0.15, 0.2) is 64.2 Å². The topological polar surface area (TPSA) is 72.0 Å². The van der Waals surface area contributed by atoms with Crippen molar-refractivity contribution in [2.24, 2.45) is 0 Å². The average molecular weight is 491 g/mol. The molecule has 0 aromatic carbocycles. The Morgan fingerprint density at radius 1 is 0.955 bits per heavy atom. The van der Waals surface area contributed by atoms with Gasteiger partial charge in [-0.1, -0.05) is 0 Å². The van der Waals surface area contributed by atoms with Crippen molar-refractivity contribution in [3.05, 3.63) is 61.0 Å². The number of nitrogens with zero attached hydrogens (tertiary/aromatic N) is 1. The predicted octanol–water partition coefficient (Wildman–Crippen LogP) is 5.24. The Labute approximate surface area is 149 Å². The van der Waals surface area contributed by atoms with Crippen LogP contribution < -0.4 is 5.56 Å². The summed E-state index contributed by atoms with van der Waals surface area (Å²) in [5.41, 5.74) is 1.29. The summed E-state index contributed by atoms with van der Waals surface area (Å²) < 4.78 is 12.7. The van der Waals surface area contributed by atoms with E-state index in [-0.39, 0.29) is 5.56 Å². The number of aromatic nitrogens is 2. The fourth-order valence-corrected chi connectivity index (χ4v) is 3.09. The molecule has 4 aromatic heterocycles. The number of nitrogens with one attached hydrogen (secondary N) is 1. The average Bonchev–Trinajstić information content (AvgIpc) is 3.17. The lowest BCUT2D eigenvalue weighted by atomic mass is 10.3. The normalized spacial score (nSPS) is 10.7. The van der Waals surface area contributed by atoms with Crippen molar-refractivity contribution in [3.8, 4) is 0 Å². The van der Waals surface area contributed by atoms with Crippen LogP contribution in [0.4, 0.5) is 0 Å². The third-order valence-electron chi connectivity index (χ3n) is 2.85. The van der Waals surface area contributed by atoms with Crippen molar-refractivity contribution < 1.29 is 8.83 Å². The minimum Gasteiger partial charge on any atom is -0.463 e. The summed E-state index contributed by atoms with van der Waals surface area (Å²) in [6, 6.07) is 3.51. The van der Waals surface area contributed by atoms with E-state index in [1.54, 1.807) is 24.7 Å². The lowest BCUT2D eigenvalue weighted by Crippen LogP contribution is -2.02. The highest BCUT2D eigenvalue weighted by molar-refractivity contribution is 9.11. The Kier molecular flexibility index (Phi) is 4.51. The van der Waals surface area contributed by atoms with Crippen molar-refractivity contribution in [1.29, 1.82) is 0 Å². The van der Waals surface area contributed by atoms with E-state index in [4.69, 9.17) is 8.83 Å². The molecule has 0 aliphatic carbocycles. The van der Waals surface area contributed by atoms with E-state index in [9.17, 15) is 4.79 Å². The first-order valence-corrected chi connectivity index (χ1v) is 8.37. The van der Waals surface area contributed by atoms with Crippen molar-refractivity contribution in [3.63, 3.8) is 0 Å². The first kappa shape index (κ1) is 15.5. The Morgan fingerprint density at radius 3 is 2.23 bits per heavy atom. The van der Waals surface area contributed by atoms with Gasteiger partial charge in [-0.15, -0.1) is 0 Å². The van der Waals surface area contributed by atoms with E-state index in [1.807, 2.05) is 6.07 Å². The fourth-order valence-electron chi connectivity index (χ4n) is 1.84. The maximum atomic E-state index is 11.1. The minimum atomic E-state index is -0.128. The van der Waals surface area contributed by atoms with Gasteiger partial charge in [0.15, 0.2) is 11.2 Å². The van der Waals surface area contributed by atoms with Crippen LogP contribution in [0.5, 0.6) is 0 Å². The highest BCUT2D eigenvalue weighted by atomic mass is 79.9. The largest absolute Gasteiger partial charge is 0.463 e. The zero-order valence-electron chi connectivity index (χ0n) is 10.8. The van der Waals surface area contributed by atoms with E-state index < -0.39 is 0 Å². The summed E-state index contributed by atoms with van der Waals surface area (Å²) in [4.78, 5) is 17.7. The van der Waals surface area contributed by atoms with E-state index in [2.05, 4.69) is 57.8 Å². The second-order valence-electron chi connectivity index (χ2n) is 4.19. The molecule has 1 N–H and O–H groups in total. The van der Waals surface area contributed by atoms with Crippen LogP contribution in [-0.2, 0) is 0 Å². The van der Waals surface area contributed by atoms with Crippen LogP contribution in [0.3, 0.4) is 0 Å². The molecule has 4 aromatic rings. The lowest BCUT2D eigenvalue weighted by Gasteiger charge is -1.92. The number of hydrogen-bond acceptors (Lipinski definition) is 4. The molecule has 0 spiro atoms. The zero-order chi connectivity index (χ0) is 15.7. The number of pyridine rings is 2. The predicted molar refractivity (Wildman–Crippen MR) is 93.9 cm³/mol. The third kappa shape index (κ3) is 2.90. The number of fused-ring (bicyclic) bond motifs is 2. The Bertz CT molecular complexity index is 967. The van der Waals surface area contributed by atoms with Crippen LogP contribution in [0.2, 0.25) is 0 Å². The van der Waals surface area contributed by atoms with E-state index in [0.29, 0.717) is 11.0 Å². The van der Waals surface area contributed by atoms with Crippen molar-refractivity contribution in [2.75, 3.05) is 0 Å². The van der Waals surface area contributed by atoms with Crippen LogP contribution in [-0.4, -0.2) is 9.97 Å². The summed E-state index contributed by atoms with van der Waals surface area (Å²) >= 11 is 9.90. The molecular weight excluding hydrogens is 484 g/mol. The zero-order valence-corrected chi connectivity index (χ0v) is 15.5. The summed E-state index contributed by atoms with van der Waals surface area (Å²) in [6.45, 7) is 0. The van der Waals surface area contributed by atoms with Crippen molar-refractivity contribution in [1.82, 2.24) is 9.97 Å². The number of hydrogen-bond donors (Lipinski definition) is 1. The quantitative estimate of drug-likeness (QED) is 0.342. The molecule has 112 valence electrons. The molecule has 0 radical (unpaired) electrons. The molecule has 5 nitrogen and oxygen atoms in total. The van der Waals surface area contributed by atoms with Crippen LogP contribution in [0.1, 0.15) is 0 Å². The second-order valence-corrected chi connectivity index (χ2v) is 6.65. The number of aromatic amines is 1. The van der Waals surface area contributed by atoms with Crippen LogP contribution >= 0.6 is 47.8 Å². The number of furan rings is 2. The first-order chi connectivity index (χ1) is 10.6. The second kappa shape index (κ2) is 6.39. The molecule has 0 amide bonds. The molecule has 0 fully saturated rings. The number of rotatable bonds is 0. The van der Waals surface area contributed by atoms with E-state index >= 15 is 0 Å². The molecule has 8 heteroatoms. The molecule has 0 unspecified atom stereocenters. The summed E-state index contributed by atoms with van der Waals surface area (Å²) in [5.74, 6) is 0. The van der Waals surface area contributed by atoms with Crippen molar-refractivity contribution >= 4 is 69.7 Å². The molecule has 4 rings (SSSR count). The van der Waals surface area contributed by atoms with Crippen molar-refractivity contribution in [2.45, 2.75) is 0 Å². The summed E-state index contributed by atoms with van der Waals surface area (Å²) in [5, 5.41) is 1.55. The van der Waals surface area contributed by atoms with E-state index in [1.165, 1.54) is 6.26 Å². The molecule has 0 aliphatic rings. The Morgan fingerprint density at radius 2 is 1.59 bits per heavy atom. The van der Waals surface area contributed by atoms with Gasteiger partial charge in [0.05, 0.1) is 32.2 Å². The van der Waals surface area contributed by atoms with Gasteiger partial charge in [0.2, 0.25) is 0 Å². The minimum absolute atomic E-state index is 0.128. The molecule has 4 heterocycles. The molecule has 0 saturated carbocycles. The molecule has 0 aliphatic heterocycles. The third-order valence-corrected chi connectivity index (χ3v) is 4.64. The molecule has 22 heavy (non-hydrogen) atoms. The Balaban J connectivity index is 0.000000131. The highest BCUT2D eigenvalue weighted by Gasteiger charge is 2.05. The Hall–Kier alpha value is -1.38. The standard InChI is InChI=1S/C7H3Br2NO.C7H4BrNO2/c8-5-3-10-7(9)4-1-2-11-6(4)5;8-5-3-9-7(10)4-1-2-11-6(4)5/h1-3H;1-3H,(H,9,10). The molecular formula is C14H7Br3N2O3. The molecule has 0 bridgehead atoms. The lowest BCUT2D eigenvalue weighted by molar-refractivity contribution is 0.613. The van der Waals surface area contributed by atoms with Gasteiger partial charge in [-0.3, -0.25) is 4.79 Å². The fraction of sp³-hybridized carbons (Fsp3) is 0. The van der Waals surface area contributed by atoms with Crippen LogP contribution in [0, 0.1) is 0 Å². The van der Waals surface area contributed by atoms with Gasteiger partial charge in [0, 0.05) is 12.4 Å². The maximum absolute atomic E-state index is 11.1. The van der Waals surface area contributed by atoms with E-state index in [0.717, 1.165) is 24.5 Å². The van der Waals surface area contributed by atoms with Gasteiger partial charge < -0.3 is 13.8 Å². The van der Waals surface area contributed by atoms with Gasteiger partial charge in [-0.2, -0.15) is 0 Å².